The summed E-state index contributed by atoms with van der Waals surface area (Å²) in [6, 6.07) is 0. The fourth-order valence-electron chi connectivity index (χ4n) is 4.14. The molecule has 4 unspecified atom stereocenters. The van der Waals surface area contributed by atoms with E-state index < -0.39 is 0 Å². The van der Waals surface area contributed by atoms with E-state index in [1.165, 1.54) is 6.42 Å². The monoisotopic (exact) mass is 239 g/mol. The van der Waals surface area contributed by atoms with Crippen molar-refractivity contribution in [3.8, 4) is 0 Å². The van der Waals surface area contributed by atoms with Gasteiger partial charge in [0.25, 0.3) is 0 Å². The maximum atomic E-state index is 9.32. The molecule has 2 aliphatic rings. The van der Waals surface area contributed by atoms with Crippen LogP contribution in [0.1, 0.15) is 27.2 Å². The van der Waals surface area contributed by atoms with Crippen molar-refractivity contribution in [2.75, 3.05) is 27.7 Å². The van der Waals surface area contributed by atoms with E-state index in [1.54, 1.807) is 0 Å². The summed E-state index contributed by atoms with van der Waals surface area (Å²) < 4.78 is 0.942. The maximum absolute atomic E-state index is 9.32. The minimum atomic E-state index is 0.388. The van der Waals surface area contributed by atoms with Crippen LogP contribution in [0.25, 0.3) is 0 Å². The predicted octanol–water partition coefficient (Wildman–Crippen LogP) is 2.45. The van der Waals surface area contributed by atoms with E-state index in [1.807, 2.05) is 0 Å². The number of fused-ring (bicyclic) bond motifs is 2. The zero-order chi connectivity index (χ0) is 13.0. The lowest BCUT2D eigenvalue weighted by Gasteiger charge is -2.42. The summed E-state index contributed by atoms with van der Waals surface area (Å²) in [6.45, 7) is 8.17. The summed E-state index contributed by atoms with van der Waals surface area (Å²) >= 11 is 0. The van der Waals surface area contributed by atoms with Crippen LogP contribution in [0.2, 0.25) is 0 Å². The highest BCUT2D eigenvalue weighted by Gasteiger charge is 2.60. The zero-order valence-electron chi connectivity index (χ0n) is 12.1. The van der Waals surface area contributed by atoms with E-state index in [9.17, 15) is 5.21 Å². The molecule has 0 spiro atoms. The molecule has 0 aromatic rings. The predicted molar refractivity (Wildman–Crippen MR) is 70.2 cm³/mol. The van der Waals surface area contributed by atoms with Crippen molar-refractivity contribution in [3.05, 3.63) is 0 Å². The summed E-state index contributed by atoms with van der Waals surface area (Å²) in [5, 5.41) is 13.0. The van der Waals surface area contributed by atoms with Gasteiger partial charge < -0.3 is 9.69 Å². The average Bonchev–Trinajstić information content (AvgIpc) is 2.61. The van der Waals surface area contributed by atoms with Crippen LogP contribution in [0.5, 0.6) is 0 Å². The molecule has 0 aromatic carbocycles. The highest BCUT2D eigenvalue weighted by Crippen LogP contribution is 2.60. The Kier molecular flexibility index (Phi) is 2.81. The highest BCUT2D eigenvalue weighted by atomic mass is 16.4. The second-order valence-electron chi connectivity index (χ2n) is 7.66. The summed E-state index contributed by atoms with van der Waals surface area (Å²) in [4.78, 5) is 0. The first-order valence-electron chi connectivity index (χ1n) is 6.70. The molecular weight excluding hydrogens is 212 g/mol. The van der Waals surface area contributed by atoms with E-state index >= 15 is 0 Å². The van der Waals surface area contributed by atoms with Crippen molar-refractivity contribution < 1.29 is 9.69 Å². The molecule has 0 aliphatic heterocycles. The standard InChI is InChI=1S/C14H26N2O/c1-9-10-7-12(14(9,2)3)11(13(10)15-17)8-16(4,5)6/h9-12H,7-8H2,1-6H3/p+1/b15-13-. The van der Waals surface area contributed by atoms with Gasteiger partial charge in [-0.05, 0) is 23.7 Å². The fraction of sp³-hybridized carbons (Fsp3) is 0.929. The van der Waals surface area contributed by atoms with Gasteiger partial charge in [-0.3, -0.25) is 0 Å². The first kappa shape index (κ1) is 12.9. The van der Waals surface area contributed by atoms with Crippen LogP contribution in [0.3, 0.4) is 0 Å². The number of hydrogen-bond donors (Lipinski definition) is 1. The molecule has 2 fully saturated rings. The maximum Gasteiger partial charge on any atom is 0.0866 e. The van der Waals surface area contributed by atoms with Crippen LogP contribution < -0.4 is 0 Å². The van der Waals surface area contributed by atoms with Gasteiger partial charge in [-0.25, -0.2) is 0 Å². The Morgan fingerprint density at radius 1 is 1.35 bits per heavy atom. The molecule has 2 rings (SSSR count). The third-order valence-electron chi connectivity index (χ3n) is 5.35. The molecule has 3 heteroatoms. The van der Waals surface area contributed by atoms with Crippen LogP contribution >= 0.6 is 0 Å². The summed E-state index contributed by atoms with van der Waals surface area (Å²) in [6.07, 6.45) is 1.22. The van der Waals surface area contributed by atoms with Crippen LogP contribution in [0.4, 0.5) is 0 Å². The van der Waals surface area contributed by atoms with Crippen LogP contribution in [0.15, 0.2) is 5.16 Å². The van der Waals surface area contributed by atoms with Crippen molar-refractivity contribution in [1.82, 2.24) is 0 Å². The van der Waals surface area contributed by atoms with Gasteiger partial charge in [0.2, 0.25) is 0 Å². The average molecular weight is 239 g/mol. The van der Waals surface area contributed by atoms with Crippen molar-refractivity contribution in [3.63, 3.8) is 0 Å². The van der Waals surface area contributed by atoms with Gasteiger partial charge in [0, 0.05) is 5.92 Å². The number of quaternary nitrogens is 1. The molecule has 0 amide bonds. The van der Waals surface area contributed by atoms with Gasteiger partial charge in [0.15, 0.2) is 0 Å². The Hall–Kier alpha value is -0.570. The Bertz CT molecular complexity index is 341. The van der Waals surface area contributed by atoms with E-state index in [2.05, 4.69) is 47.1 Å². The Morgan fingerprint density at radius 2 is 1.94 bits per heavy atom. The number of rotatable bonds is 2. The van der Waals surface area contributed by atoms with Crippen LogP contribution in [-0.2, 0) is 0 Å². The first-order chi connectivity index (χ1) is 7.68. The smallest absolute Gasteiger partial charge is 0.0866 e. The molecule has 0 heterocycles. The summed E-state index contributed by atoms with van der Waals surface area (Å²) in [7, 11) is 6.66. The van der Waals surface area contributed by atoms with Gasteiger partial charge in [0.1, 0.15) is 0 Å². The Balaban J connectivity index is 2.29. The third kappa shape index (κ3) is 1.88. The number of hydrogen-bond acceptors (Lipinski definition) is 2. The van der Waals surface area contributed by atoms with Gasteiger partial charge >= 0.3 is 0 Å². The molecular formula is C14H27N2O+. The summed E-state index contributed by atoms with van der Waals surface area (Å²) in [5.41, 5.74) is 1.47. The lowest BCUT2D eigenvalue weighted by molar-refractivity contribution is -0.873. The zero-order valence-corrected chi connectivity index (χ0v) is 12.1. The lowest BCUT2D eigenvalue weighted by atomic mass is 9.64. The summed E-state index contributed by atoms with van der Waals surface area (Å²) in [5.74, 6) is 2.31. The van der Waals surface area contributed by atoms with E-state index in [-0.39, 0.29) is 0 Å². The molecule has 2 aliphatic carbocycles. The van der Waals surface area contributed by atoms with Gasteiger partial charge in [-0.2, -0.15) is 0 Å². The van der Waals surface area contributed by atoms with Gasteiger partial charge in [-0.1, -0.05) is 25.9 Å². The minimum Gasteiger partial charge on any atom is -0.411 e. The highest BCUT2D eigenvalue weighted by molar-refractivity contribution is 5.92. The first-order valence-corrected chi connectivity index (χ1v) is 6.70. The van der Waals surface area contributed by atoms with Crippen molar-refractivity contribution in [2.24, 2.45) is 34.2 Å². The molecule has 2 saturated carbocycles. The largest absolute Gasteiger partial charge is 0.411 e. The van der Waals surface area contributed by atoms with E-state index in [4.69, 9.17) is 0 Å². The third-order valence-corrected chi connectivity index (χ3v) is 5.35. The second-order valence-corrected chi connectivity index (χ2v) is 7.66. The second kappa shape index (κ2) is 3.71. The molecule has 3 nitrogen and oxygen atoms in total. The normalized spacial score (nSPS) is 42.4. The topological polar surface area (TPSA) is 32.6 Å². The van der Waals surface area contributed by atoms with Crippen molar-refractivity contribution in [2.45, 2.75) is 27.2 Å². The molecule has 98 valence electrons. The number of nitrogens with zero attached hydrogens (tertiary/aromatic N) is 2. The van der Waals surface area contributed by atoms with Gasteiger partial charge in [0.05, 0.1) is 39.3 Å². The molecule has 1 N–H and O–H groups in total. The number of oxime groups is 1. The molecule has 0 radical (unpaired) electrons. The lowest BCUT2D eigenvalue weighted by Crippen LogP contribution is -2.48. The molecule has 0 aromatic heterocycles. The van der Waals surface area contributed by atoms with E-state index in [0.717, 1.165) is 16.7 Å². The molecule has 0 saturated heterocycles. The molecule has 4 atom stereocenters. The van der Waals surface area contributed by atoms with Crippen LogP contribution in [0, 0.1) is 29.1 Å². The minimum absolute atomic E-state index is 0.388. The molecule has 2 bridgehead atoms. The van der Waals surface area contributed by atoms with Crippen LogP contribution in [-0.4, -0.2) is 43.1 Å². The fourth-order valence-corrected chi connectivity index (χ4v) is 4.14. The Morgan fingerprint density at radius 3 is 2.41 bits per heavy atom. The van der Waals surface area contributed by atoms with E-state index in [0.29, 0.717) is 29.1 Å². The quantitative estimate of drug-likeness (QED) is 0.448. The SMILES string of the molecule is CC1C2CC(C(C[N+](C)(C)C)/C2=N\O)C1(C)C. The Labute approximate surface area is 105 Å². The van der Waals surface area contributed by atoms with Crippen molar-refractivity contribution in [1.29, 1.82) is 0 Å². The van der Waals surface area contributed by atoms with Gasteiger partial charge in [-0.15, -0.1) is 0 Å². The molecule has 17 heavy (non-hydrogen) atoms. The van der Waals surface area contributed by atoms with Crippen molar-refractivity contribution >= 4 is 5.71 Å².